The predicted molar refractivity (Wildman–Crippen MR) is 66.2 cm³/mol. The molecule has 0 amide bonds. The largest absolute Gasteiger partial charge is 0.542 e. The number of hydrogen-bond acceptors (Lipinski definition) is 2. The van der Waals surface area contributed by atoms with E-state index < -0.39 is 8.32 Å². The smallest absolute Gasteiger partial charge is 0.242 e. The molecule has 15 heavy (non-hydrogen) atoms. The molecule has 0 aromatic carbocycles. The standard InChI is InChI=1S/C12H22O2Si/c1-6-8-11(10-13)9-12(7-2)14-15(3,4)5/h10H,6-8H2,1-5H3. The molecular weight excluding hydrogens is 204 g/mol. The fraction of sp³-hybridized carbons (Fsp3) is 0.667. The molecule has 0 heterocycles. The minimum absolute atomic E-state index is 0.715. The predicted octanol–water partition coefficient (Wildman–Crippen LogP) is 3.66. The SMILES string of the molecule is CCCC(=C=C(CC)O[Si](C)(C)C)C=O. The van der Waals surface area contributed by atoms with Crippen molar-refractivity contribution < 1.29 is 9.22 Å². The van der Waals surface area contributed by atoms with Crippen molar-refractivity contribution in [1.29, 1.82) is 0 Å². The van der Waals surface area contributed by atoms with Gasteiger partial charge in [-0.15, -0.1) is 0 Å². The summed E-state index contributed by atoms with van der Waals surface area (Å²) in [5.74, 6) is 0.824. The Labute approximate surface area is 94.2 Å². The highest BCUT2D eigenvalue weighted by atomic mass is 28.4. The summed E-state index contributed by atoms with van der Waals surface area (Å²) < 4.78 is 5.83. The quantitative estimate of drug-likeness (QED) is 0.227. The van der Waals surface area contributed by atoms with Crippen molar-refractivity contribution in [3.8, 4) is 0 Å². The van der Waals surface area contributed by atoms with Crippen molar-refractivity contribution in [3.05, 3.63) is 17.1 Å². The summed E-state index contributed by atoms with van der Waals surface area (Å²) in [4.78, 5) is 10.8. The van der Waals surface area contributed by atoms with Crippen LogP contribution >= 0.6 is 0 Å². The van der Waals surface area contributed by atoms with Gasteiger partial charge in [0.15, 0.2) is 6.29 Å². The lowest BCUT2D eigenvalue weighted by Gasteiger charge is -2.19. The molecule has 0 atom stereocenters. The second-order valence-electron chi connectivity index (χ2n) is 4.51. The zero-order valence-electron chi connectivity index (χ0n) is 10.5. The van der Waals surface area contributed by atoms with Crippen LogP contribution in [-0.2, 0) is 9.22 Å². The minimum Gasteiger partial charge on any atom is -0.542 e. The van der Waals surface area contributed by atoms with Crippen molar-refractivity contribution in [2.45, 2.75) is 52.8 Å². The maximum absolute atomic E-state index is 10.8. The first-order valence-electron chi connectivity index (χ1n) is 5.55. The zero-order valence-corrected chi connectivity index (χ0v) is 11.5. The van der Waals surface area contributed by atoms with Gasteiger partial charge in [0.25, 0.3) is 0 Å². The van der Waals surface area contributed by atoms with E-state index in [9.17, 15) is 4.79 Å². The fourth-order valence-corrected chi connectivity index (χ4v) is 2.09. The lowest BCUT2D eigenvalue weighted by Crippen LogP contribution is -2.24. The lowest BCUT2D eigenvalue weighted by atomic mass is 10.2. The molecule has 0 fully saturated rings. The Kier molecular flexibility index (Phi) is 6.30. The Bertz CT molecular complexity index is 268. The molecule has 3 heteroatoms. The molecule has 0 aliphatic heterocycles. The van der Waals surface area contributed by atoms with E-state index in [-0.39, 0.29) is 0 Å². The van der Waals surface area contributed by atoms with Crippen LogP contribution in [0.4, 0.5) is 0 Å². The summed E-state index contributed by atoms with van der Waals surface area (Å²) in [7, 11) is -1.57. The van der Waals surface area contributed by atoms with Gasteiger partial charge in [0.05, 0.1) is 0 Å². The Morgan fingerprint density at radius 3 is 2.27 bits per heavy atom. The molecular formula is C12H22O2Si. The van der Waals surface area contributed by atoms with Crippen LogP contribution < -0.4 is 0 Å². The summed E-state index contributed by atoms with van der Waals surface area (Å²) in [5, 5.41) is 0. The van der Waals surface area contributed by atoms with E-state index in [4.69, 9.17) is 4.43 Å². The molecule has 0 rings (SSSR count). The highest BCUT2D eigenvalue weighted by molar-refractivity contribution is 6.70. The molecule has 0 saturated heterocycles. The molecule has 0 saturated carbocycles. The lowest BCUT2D eigenvalue weighted by molar-refractivity contribution is -0.105. The maximum atomic E-state index is 10.8. The topological polar surface area (TPSA) is 26.3 Å². The number of allylic oxidation sites excluding steroid dienone is 1. The normalized spacial score (nSPS) is 10.5. The van der Waals surface area contributed by atoms with Gasteiger partial charge in [-0.25, -0.2) is 0 Å². The van der Waals surface area contributed by atoms with Gasteiger partial charge >= 0.3 is 0 Å². The van der Waals surface area contributed by atoms with Crippen LogP contribution in [0, 0.1) is 0 Å². The monoisotopic (exact) mass is 226 g/mol. The highest BCUT2D eigenvalue weighted by Gasteiger charge is 2.16. The third-order valence-electron chi connectivity index (χ3n) is 1.71. The molecule has 0 aliphatic rings. The molecule has 86 valence electrons. The summed E-state index contributed by atoms with van der Waals surface area (Å²) in [6.07, 6.45) is 3.42. The van der Waals surface area contributed by atoms with Gasteiger partial charge in [-0.3, -0.25) is 4.79 Å². The van der Waals surface area contributed by atoms with Gasteiger partial charge in [-0.2, -0.15) is 0 Å². The fourth-order valence-electron chi connectivity index (χ4n) is 1.15. The molecule has 2 nitrogen and oxygen atoms in total. The van der Waals surface area contributed by atoms with Gasteiger partial charge in [0.1, 0.15) is 5.76 Å². The van der Waals surface area contributed by atoms with E-state index in [1.807, 2.05) is 6.92 Å². The van der Waals surface area contributed by atoms with E-state index in [0.717, 1.165) is 31.3 Å². The Morgan fingerprint density at radius 1 is 1.33 bits per heavy atom. The first-order chi connectivity index (χ1) is 6.92. The minimum atomic E-state index is -1.57. The number of carbonyl (C=O) groups excluding carboxylic acids is 1. The van der Waals surface area contributed by atoms with Gasteiger partial charge in [-0.1, -0.05) is 26.0 Å². The number of aldehydes is 1. The van der Waals surface area contributed by atoms with Gasteiger partial charge in [0, 0.05) is 12.0 Å². The molecule has 0 unspecified atom stereocenters. The third kappa shape index (κ3) is 7.17. The Hall–Kier alpha value is -0.793. The van der Waals surface area contributed by atoms with Crippen LogP contribution in [0.1, 0.15) is 33.1 Å². The molecule has 0 aromatic rings. The third-order valence-corrected chi connectivity index (χ3v) is 2.57. The van der Waals surface area contributed by atoms with Crippen molar-refractivity contribution in [3.63, 3.8) is 0 Å². The maximum Gasteiger partial charge on any atom is 0.242 e. The summed E-state index contributed by atoms with van der Waals surface area (Å²) >= 11 is 0. The molecule has 0 bridgehead atoms. The number of rotatable bonds is 6. The summed E-state index contributed by atoms with van der Waals surface area (Å²) in [5.41, 5.74) is 3.80. The van der Waals surface area contributed by atoms with E-state index in [2.05, 4.69) is 32.3 Å². The van der Waals surface area contributed by atoms with Gasteiger partial charge in [0.2, 0.25) is 8.32 Å². The molecule has 0 aromatic heterocycles. The summed E-state index contributed by atoms with van der Waals surface area (Å²) in [6.45, 7) is 10.5. The average molecular weight is 226 g/mol. The molecule has 0 aliphatic carbocycles. The molecule has 0 spiro atoms. The Morgan fingerprint density at radius 2 is 1.93 bits per heavy atom. The van der Waals surface area contributed by atoms with E-state index in [1.165, 1.54) is 0 Å². The zero-order chi connectivity index (χ0) is 11.9. The van der Waals surface area contributed by atoms with E-state index in [1.54, 1.807) is 0 Å². The van der Waals surface area contributed by atoms with Crippen LogP contribution in [-0.4, -0.2) is 14.6 Å². The van der Waals surface area contributed by atoms with Crippen LogP contribution in [0.2, 0.25) is 19.6 Å². The summed E-state index contributed by atoms with van der Waals surface area (Å²) in [6, 6.07) is 0. The average Bonchev–Trinajstić information content (AvgIpc) is 2.13. The first-order valence-corrected chi connectivity index (χ1v) is 8.96. The van der Waals surface area contributed by atoms with Crippen LogP contribution in [0.5, 0.6) is 0 Å². The van der Waals surface area contributed by atoms with Crippen LogP contribution in [0.3, 0.4) is 0 Å². The second-order valence-corrected chi connectivity index (χ2v) is 8.94. The first kappa shape index (κ1) is 14.2. The van der Waals surface area contributed by atoms with E-state index >= 15 is 0 Å². The van der Waals surface area contributed by atoms with Crippen molar-refractivity contribution >= 4 is 14.6 Å². The van der Waals surface area contributed by atoms with Crippen molar-refractivity contribution in [1.82, 2.24) is 0 Å². The van der Waals surface area contributed by atoms with E-state index in [0.29, 0.717) is 5.57 Å². The molecule has 0 N–H and O–H groups in total. The van der Waals surface area contributed by atoms with Crippen LogP contribution in [0.25, 0.3) is 0 Å². The van der Waals surface area contributed by atoms with Crippen LogP contribution in [0.15, 0.2) is 17.1 Å². The highest BCUT2D eigenvalue weighted by Crippen LogP contribution is 2.13. The molecule has 0 radical (unpaired) electrons. The van der Waals surface area contributed by atoms with Gasteiger partial charge < -0.3 is 4.43 Å². The number of carbonyl (C=O) groups is 1. The Balaban J connectivity index is 4.89. The number of hydrogen-bond donors (Lipinski definition) is 0. The second kappa shape index (κ2) is 6.65. The van der Waals surface area contributed by atoms with Crippen molar-refractivity contribution in [2.75, 3.05) is 0 Å². The van der Waals surface area contributed by atoms with Crippen molar-refractivity contribution in [2.24, 2.45) is 0 Å². The van der Waals surface area contributed by atoms with Gasteiger partial charge in [-0.05, 0) is 26.1 Å².